The van der Waals surface area contributed by atoms with E-state index < -0.39 is 0 Å². The number of methoxy groups -OCH3 is 2. The normalized spacial score (nSPS) is 10.6. The first-order chi connectivity index (χ1) is 16.1. The van der Waals surface area contributed by atoms with Crippen LogP contribution in [0.15, 0.2) is 70.8 Å². The minimum Gasteiger partial charge on any atom is -0.497 e. The summed E-state index contributed by atoms with van der Waals surface area (Å²) in [5.74, 6) is 0.866. The van der Waals surface area contributed by atoms with Crippen LogP contribution >= 0.6 is 11.3 Å². The van der Waals surface area contributed by atoms with Crippen molar-refractivity contribution in [3.8, 4) is 33.3 Å². The molecule has 0 saturated heterocycles. The molecule has 0 unspecified atom stereocenters. The van der Waals surface area contributed by atoms with Gasteiger partial charge in [-0.2, -0.15) is 5.10 Å². The van der Waals surface area contributed by atoms with Gasteiger partial charge >= 0.3 is 0 Å². The number of amides is 1. The number of hydrogen-bond donors (Lipinski definition) is 1. The molecule has 0 atom stereocenters. The summed E-state index contributed by atoms with van der Waals surface area (Å²) in [5.41, 5.74) is 2.55. The molecule has 168 valence electrons. The van der Waals surface area contributed by atoms with E-state index >= 15 is 0 Å². The lowest BCUT2D eigenvalue weighted by Crippen LogP contribution is -2.33. The maximum atomic E-state index is 12.5. The zero-order valence-electron chi connectivity index (χ0n) is 18.1. The maximum Gasteiger partial charge on any atom is 0.267 e. The van der Waals surface area contributed by atoms with E-state index in [-0.39, 0.29) is 24.6 Å². The van der Waals surface area contributed by atoms with Gasteiger partial charge in [0.1, 0.15) is 23.1 Å². The summed E-state index contributed by atoms with van der Waals surface area (Å²) < 4.78 is 11.8. The number of ether oxygens (including phenoxy) is 2. The Morgan fingerprint density at radius 1 is 1.06 bits per heavy atom. The van der Waals surface area contributed by atoms with E-state index in [0.717, 1.165) is 20.9 Å². The highest BCUT2D eigenvalue weighted by atomic mass is 32.1. The molecule has 0 spiro atoms. The van der Waals surface area contributed by atoms with Gasteiger partial charge in [0.25, 0.3) is 5.56 Å². The fourth-order valence-corrected chi connectivity index (χ4v) is 4.03. The first-order valence-corrected chi connectivity index (χ1v) is 11.0. The molecule has 1 N–H and O–H groups in total. The fraction of sp³-hybridized carbons (Fsp3) is 0.167. The van der Waals surface area contributed by atoms with E-state index in [1.165, 1.54) is 17.4 Å². The number of nitrogens with one attached hydrogen (secondary N) is 1. The standard InChI is InChI=1S/C24H22N4O4S/c1-31-18-8-10-21(32-2)19(12-18)20-9-11-23(30)28(27-20)14-22(29)25-13-17-15-33-24(26-17)16-6-4-3-5-7-16/h3-12,15H,13-14H2,1-2H3,(H,25,29). The highest BCUT2D eigenvalue weighted by molar-refractivity contribution is 7.13. The van der Waals surface area contributed by atoms with Crippen LogP contribution in [0.1, 0.15) is 5.69 Å². The largest absolute Gasteiger partial charge is 0.497 e. The van der Waals surface area contributed by atoms with Crippen LogP contribution < -0.4 is 20.3 Å². The summed E-state index contributed by atoms with van der Waals surface area (Å²) in [6.07, 6.45) is 0. The molecular weight excluding hydrogens is 440 g/mol. The van der Waals surface area contributed by atoms with Gasteiger partial charge < -0.3 is 14.8 Å². The smallest absolute Gasteiger partial charge is 0.267 e. The molecule has 0 aliphatic rings. The monoisotopic (exact) mass is 462 g/mol. The lowest BCUT2D eigenvalue weighted by Gasteiger charge is -2.11. The first-order valence-electron chi connectivity index (χ1n) is 10.1. The van der Waals surface area contributed by atoms with E-state index in [0.29, 0.717) is 22.8 Å². The average Bonchev–Trinajstić information content (AvgIpc) is 3.33. The Morgan fingerprint density at radius 3 is 2.64 bits per heavy atom. The summed E-state index contributed by atoms with van der Waals surface area (Å²) in [6.45, 7) is 0.0505. The molecule has 1 amide bonds. The summed E-state index contributed by atoms with van der Waals surface area (Å²) in [5, 5.41) is 9.95. The molecule has 0 saturated carbocycles. The van der Waals surface area contributed by atoms with Crippen LogP contribution in [-0.2, 0) is 17.9 Å². The molecule has 0 fully saturated rings. The molecule has 8 nitrogen and oxygen atoms in total. The van der Waals surface area contributed by atoms with Gasteiger partial charge in [0, 0.05) is 22.6 Å². The van der Waals surface area contributed by atoms with Gasteiger partial charge in [-0.05, 0) is 24.3 Å². The third kappa shape index (κ3) is 5.27. The number of carbonyl (C=O) groups is 1. The van der Waals surface area contributed by atoms with E-state index in [2.05, 4.69) is 15.4 Å². The predicted molar refractivity (Wildman–Crippen MR) is 126 cm³/mol. The minimum absolute atomic E-state index is 0.214. The molecule has 2 heterocycles. The zero-order valence-corrected chi connectivity index (χ0v) is 19.0. The molecule has 0 aliphatic heterocycles. The number of carbonyl (C=O) groups excluding carboxylic acids is 1. The molecule has 0 bridgehead atoms. The summed E-state index contributed by atoms with van der Waals surface area (Å²) in [4.78, 5) is 29.4. The van der Waals surface area contributed by atoms with Crippen LogP contribution in [0.3, 0.4) is 0 Å². The number of rotatable bonds is 8. The topological polar surface area (TPSA) is 95.3 Å². The Kier molecular flexibility index (Phi) is 6.80. The second-order valence-corrected chi connectivity index (χ2v) is 7.93. The Hall–Kier alpha value is -3.98. The zero-order chi connectivity index (χ0) is 23.2. The van der Waals surface area contributed by atoms with Crippen molar-refractivity contribution in [1.29, 1.82) is 0 Å². The highest BCUT2D eigenvalue weighted by Crippen LogP contribution is 2.31. The lowest BCUT2D eigenvalue weighted by atomic mass is 10.1. The van der Waals surface area contributed by atoms with Gasteiger partial charge in [0.2, 0.25) is 5.91 Å². The maximum absolute atomic E-state index is 12.5. The van der Waals surface area contributed by atoms with Gasteiger partial charge in [0.05, 0.1) is 32.2 Å². The van der Waals surface area contributed by atoms with Crippen LogP contribution in [0.25, 0.3) is 21.8 Å². The predicted octanol–water partition coefficient (Wildman–Crippen LogP) is 3.37. The molecule has 2 aromatic carbocycles. The van der Waals surface area contributed by atoms with Crippen molar-refractivity contribution in [2.45, 2.75) is 13.1 Å². The quantitative estimate of drug-likeness (QED) is 0.431. The highest BCUT2D eigenvalue weighted by Gasteiger charge is 2.13. The molecule has 2 aromatic heterocycles. The van der Waals surface area contributed by atoms with Crippen LogP contribution in [0.2, 0.25) is 0 Å². The third-order valence-electron chi connectivity index (χ3n) is 4.88. The van der Waals surface area contributed by atoms with E-state index in [4.69, 9.17) is 9.47 Å². The lowest BCUT2D eigenvalue weighted by molar-refractivity contribution is -0.122. The van der Waals surface area contributed by atoms with E-state index in [1.807, 2.05) is 35.7 Å². The van der Waals surface area contributed by atoms with Gasteiger partial charge in [-0.25, -0.2) is 9.67 Å². The number of hydrogen-bond acceptors (Lipinski definition) is 7. The molecule has 0 aliphatic carbocycles. The van der Waals surface area contributed by atoms with Crippen LogP contribution in [0.4, 0.5) is 0 Å². The second kappa shape index (κ2) is 10.1. The number of benzene rings is 2. The molecule has 0 radical (unpaired) electrons. The van der Waals surface area contributed by atoms with Crippen molar-refractivity contribution in [2.24, 2.45) is 0 Å². The molecular formula is C24H22N4O4S. The fourth-order valence-electron chi connectivity index (χ4n) is 3.20. The van der Waals surface area contributed by atoms with Crippen LogP contribution in [0.5, 0.6) is 11.5 Å². The number of aromatic nitrogens is 3. The summed E-state index contributed by atoms with van der Waals surface area (Å²) in [6, 6.07) is 18.1. The van der Waals surface area contributed by atoms with Crippen molar-refractivity contribution in [2.75, 3.05) is 14.2 Å². The van der Waals surface area contributed by atoms with Crippen LogP contribution in [-0.4, -0.2) is 34.9 Å². The second-order valence-electron chi connectivity index (χ2n) is 7.07. The molecule has 4 rings (SSSR count). The Morgan fingerprint density at radius 2 is 1.88 bits per heavy atom. The minimum atomic E-state index is -0.379. The van der Waals surface area contributed by atoms with E-state index in [9.17, 15) is 9.59 Å². The van der Waals surface area contributed by atoms with Crippen molar-refractivity contribution >= 4 is 17.2 Å². The number of nitrogens with zero attached hydrogens (tertiary/aromatic N) is 3. The van der Waals surface area contributed by atoms with Gasteiger partial charge in [0.15, 0.2) is 0 Å². The molecule has 4 aromatic rings. The SMILES string of the molecule is COc1ccc(OC)c(-c2ccc(=O)n(CC(=O)NCc3csc(-c4ccccc4)n3)n2)c1. The Labute approximate surface area is 194 Å². The first kappa shape index (κ1) is 22.2. The molecule has 33 heavy (non-hydrogen) atoms. The van der Waals surface area contributed by atoms with Gasteiger partial charge in [-0.3, -0.25) is 9.59 Å². The molecule has 9 heteroatoms. The van der Waals surface area contributed by atoms with Crippen LogP contribution in [0, 0.1) is 0 Å². The number of thiazole rings is 1. The van der Waals surface area contributed by atoms with Crippen molar-refractivity contribution in [3.05, 3.63) is 82.1 Å². The van der Waals surface area contributed by atoms with Crippen molar-refractivity contribution < 1.29 is 14.3 Å². The van der Waals surface area contributed by atoms with Gasteiger partial charge in [-0.15, -0.1) is 11.3 Å². The summed E-state index contributed by atoms with van der Waals surface area (Å²) in [7, 11) is 3.12. The average molecular weight is 463 g/mol. The van der Waals surface area contributed by atoms with Gasteiger partial charge in [-0.1, -0.05) is 30.3 Å². The van der Waals surface area contributed by atoms with Crippen molar-refractivity contribution in [1.82, 2.24) is 20.1 Å². The van der Waals surface area contributed by atoms with E-state index in [1.54, 1.807) is 38.5 Å². The Balaban J connectivity index is 1.46. The summed E-state index contributed by atoms with van der Waals surface area (Å²) >= 11 is 1.51. The third-order valence-corrected chi connectivity index (χ3v) is 5.82. The van der Waals surface area contributed by atoms with Crippen molar-refractivity contribution in [3.63, 3.8) is 0 Å². The Bertz CT molecular complexity index is 1320.